The Balaban J connectivity index is 0.00000363. The highest BCUT2D eigenvalue weighted by Crippen LogP contribution is 2.32. The molecular formula is C24H32ClN3O2S2. The van der Waals surface area contributed by atoms with E-state index in [-0.39, 0.29) is 18.3 Å². The molecule has 0 spiro atoms. The summed E-state index contributed by atoms with van der Waals surface area (Å²) < 4.78 is 6.35. The number of rotatable bonds is 10. The van der Waals surface area contributed by atoms with Crippen molar-refractivity contribution in [3.8, 4) is 5.75 Å². The molecule has 2 aromatic carbocycles. The molecule has 0 saturated carbocycles. The van der Waals surface area contributed by atoms with Gasteiger partial charge in [0.15, 0.2) is 5.13 Å². The molecule has 0 radical (unpaired) electrons. The third-order valence-electron chi connectivity index (χ3n) is 4.98. The summed E-state index contributed by atoms with van der Waals surface area (Å²) in [6, 6.07) is 12.3. The fraction of sp³-hybridized carbons (Fsp3) is 0.417. The topological polar surface area (TPSA) is 45.7 Å². The number of thiazole rings is 1. The summed E-state index contributed by atoms with van der Waals surface area (Å²) in [6.07, 6.45) is 1.35. The molecule has 174 valence electrons. The lowest BCUT2D eigenvalue weighted by Gasteiger charge is -2.22. The number of carbonyl (C=O) groups excluding carboxylic acids is 1. The van der Waals surface area contributed by atoms with Crippen molar-refractivity contribution in [1.82, 2.24) is 9.88 Å². The van der Waals surface area contributed by atoms with Crippen LogP contribution in [0, 0.1) is 13.8 Å². The number of thioether (sulfide) groups is 1. The Kier molecular flexibility index (Phi) is 10.3. The fourth-order valence-corrected chi connectivity index (χ4v) is 5.36. The lowest BCUT2D eigenvalue weighted by molar-refractivity contribution is -0.118. The minimum atomic E-state index is 0. The van der Waals surface area contributed by atoms with Gasteiger partial charge in [-0.1, -0.05) is 17.4 Å². The van der Waals surface area contributed by atoms with Crippen molar-refractivity contribution in [2.75, 3.05) is 44.9 Å². The van der Waals surface area contributed by atoms with E-state index in [0.717, 1.165) is 45.4 Å². The summed E-state index contributed by atoms with van der Waals surface area (Å²) >= 11 is 3.38. The van der Waals surface area contributed by atoms with E-state index in [1.165, 1.54) is 10.5 Å². The molecule has 5 nitrogen and oxygen atoms in total. The van der Waals surface area contributed by atoms with E-state index in [1.807, 2.05) is 31.1 Å². The van der Waals surface area contributed by atoms with Gasteiger partial charge in [0.25, 0.3) is 0 Å². The van der Waals surface area contributed by atoms with E-state index in [2.05, 4.69) is 43.0 Å². The van der Waals surface area contributed by atoms with Crippen LogP contribution in [0.1, 0.15) is 24.0 Å². The monoisotopic (exact) mass is 493 g/mol. The van der Waals surface area contributed by atoms with Crippen LogP contribution in [-0.4, -0.2) is 55.8 Å². The number of aromatic nitrogens is 1. The van der Waals surface area contributed by atoms with Crippen molar-refractivity contribution in [2.24, 2.45) is 0 Å². The van der Waals surface area contributed by atoms with Crippen molar-refractivity contribution < 1.29 is 9.53 Å². The first-order chi connectivity index (χ1) is 14.9. The highest BCUT2D eigenvalue weighted by Gasteiger charge is 2.20. The highest BCUT2D eigenvalue weighted by molar-refractivity contribution is 7.99. The maximum atomic E-state index is 13.1. The van der Waals surface area contributed by atoms with E-state index in [9.17, 15) is 4.79 Å². The zero-order chi connectivity index (χ0) is 22.4. The summed E-state index contributed by atoms with van der Waals surface area (Å²) in [5, 5.41) is 0.804. The quantitative estimate of drug-likeness (QED) is 0.263. The molecule has 0 N–H and O–H groups in total. The van der Waals surface area contributed by atoms with Crippen LogP contribution in [0.5, 0.6) is 5.75 Å². The van der Waals surface area contributed by atoms with Crippen LogP contribution in [0.25, 0.3) is 10.2 Å². The predicted molar refractivity (Wildman–Crippen MR) is 140 cm³/mol. The van der Waals surface area contributed by atoms with Crippen molar-refractivity contribution in [2.45, 2.75) is 31.6 Å². The van der Waals surface area contributed by atoms with E-state index in [1.54, 1.807) is 30.2 Å². The Hall–Kier alpha value is -1.80. The highest BCUT2D eigenvalue weighted by atomic mass is 35.5. The second kappa shape index (κ2) is 12.4. The maximum absolute atomic E-state index is 13.1. The summed E-state index contributed by atoms with van der Waals surface area (Å²) in [6.45, 7) is 5.64. The Bertz CT molecular complexity index is 1020. The minimum Gasteiger partial charge on any atom is -0.497 e. The number of nitrogens with zero attached hydrogens (tertiary/aromatic N) is 3. The largest absolute Gasteiger partial charge is 0.497 e. The van der Waals surface area contributed by atoms with Gasteiger partial charge in [-0.3, -0.25) is 9.69 Å². The number of benzene rings is 2. The van der Waals surface area contributed by atoms with Gasteiger partial charge >= 0.3 is 0 Å². The molecule has 0 bridgehead atoms. The molecule has 32 heavy (non-hydrogen) atoms. The molecule has 1 aromatic heterocycles. The molecule has 0 fully saturated rings. The molecule has 1 heterocycles. The zero-order valence-electron chi connectivity index (χ0n) is 19.4. The molecule has 0 aliphatic carbocycles. The Morgan fingerprint density at radius 1 is 1.12 bits per heavy atom. The second-order valence-electron chi connectivity index (χ2n) is 7.90. The molecule has 3 rings (SSSR count). The van der Waals surface area contributed by atoms with Crippen molar-refractivity contribution in [3.05, 3.63) is 47.5 Å². The van der Waals surface area contributed by atoms with Crippen molar-refractivity contribution >= 4 is 56.8 Å². The number of fused-ring (bicyclic) bond motifs is 1. The average Bonchev–Trinajstić information content (AvgIpc) is 3.15. The maximum Gasteiger partial charge on any atom is 0.228 e. The zero-order valence-corrected chi connectivity index (χ0v) is 21.8. The number of hydrogen-bond acceptors (Lipinski definition) is 6. The standard InChI is InChI=1S/C24H31N3O2S2.ClH/c1-17-15-18(2)23-21(16-17)31-24(25-23)27(13-12-26(3)4)22(28)7-6-14-30-20-10-8-19(29-5)9-11-20;/h8-11,15-16H,6-7,12-14H2,1-5H3;1H. The van der Waals surface area contributed by atoms with Gasteiger partial charge in [0.2, 0.25) is 5.91 Å². The Labute approximate surface area is 205 Å². The number of carbonyl (C=O) groups is 1. The van der Waals surface area contributed by atoms with E-state index in [0.29, 0.717) is 13.0 Å². The van der Waals surface area contributed by atoms with Gasteiger partial charge in [-0.15, -0.1) is 24.2 Å². The number of aryl methyl sites for hydroxylation is 2. The SMILES string of the molecule is COc1ccc(SCCCC(=O)N(CCN(C)C)c2nc3c(C)cc(C)cc3s2)cc1.Cl. The summed E-state index contributed by atoms with van der Waals surface area (Å²) in [5.41, 5.74) is 3.39. The molecule has 0 atom stereocenters. The van der Waals surface area contributed by atoms with Gasteiger partial charge < -0.3 is 9.64 Å². The molecular weight excluding hydrogens is 462 g/mol. The number of anilines is 1. The van der Waals surface area contributed by atoms with Crippen LogP contribution < -0.4 is 9.64 Å². The van der Waals surface area contributed by atoms with E-state index in [4.69, 9.17) is 9.72 Å². The van der Waals surface area contributed by atoms with Gasteiger partial charge in [-0.25, -0.2) is 4.98 Å². The molecule has 0 aliphatic heterocycles. The van der Waals surface area contributed by atoms with Crippen LogP contribution in [0.4, 0.5) is 5.13 Å². The summed E-state index contributed by atoms with van der Waals surface area (Å²) in [5.74, 6) is 1.90. The third kappa shape index (κ3) is 7.10. The van der Waals surface area contributed by atoms with Crippen molar-refractivity contribution in [1.29, 1.82) is 0 Å². The lowest BCUT2D eigenvalue weighted by atomic mass is 10.1. The van der Waals surface area contributed by atoms with Gasteiger partial charge in [0.1, 0.15) is 5.75 Å². The Morgan fingerprint density at radius 3 is 2.50 bits per heavy atom. The minimum absolute atomic E-state index is 0. The molecule has 0 saturated heterocycles. The smallest absolute Gasteiger partial charge is 0.228 e. The average molecular weight is 494 g/mol. The van der Waals surface area contributed by atoms with Crippen LogP contribution in [-0.2, 0) is 4.79 Å². The van der Waals surface area contributed by atoms with Gasteiger partial charge in [0.05, 0.1) is 17.3 Å². The predicted octanol–water partition coefficient (Wildman–Crippen LogP) is 5.81. The van der Waals surface area contributed by atoms with Crippen LogP contribution in [0.15, 0.2) is 41.3 Å². The first kappa shape index (κ1) is 26.5. The normalized spacial score (nSPS) is 10.9. The molecule has 0 unspecified atom stereocenters. The van der Waals surface area contributed by atoms with Gasteiger partial charge in [0, 0.05) is 24.4 Å². The summed E-state index contributed by atoms with van der Waals surface area (Å²) in [7, 11) is 5.73. The van der Waals surface area contributed by atoms with Crippen LogP contribution in [0.3, 0.4) is 0 Å². The van der Waals surface area contributed by atoms with E-state index < -0.39 is 0 Å². The molecule has 8 heteroatoms. The van der Waals surface area contributed by atoms with Gasteiger partial charge in [-0.2, -0.15) is 0 Å². The first-order valence-electron chi connectivity index (χ1n) is 10.5. The van der Waals surface area contributed by atoms with Crippen molar-refractivity contribution in [3.63, 3.8) is 0 Å². The number of amides is 1. The van der Waals surface area contributed by atoms with Crippen LogP contribution in [0.2, 0.25) is 0 Å². The lowest BCUT2D eigenvalue weighted by Crippen LogP contribution is -2.36. The Morgan fingerprint density at radius 2 is 1.84 bits per heavy atom. The number of halogens is 1. The fourth-order valence-electron chi connectivity index (χ4n) is 3.32. The molecule has 1 amide bonds. The third-order valence-corrected chi connectivity index (χ3v) is 7.11. The second-order valence-corrected chi connectivity index (χ2v) is 10.1. The number of likely N-dealkylation sites (N-methyl/N-ethyl adjacent to an activating group) is 1. The van der Waals surface area contributed by atoms with Gasteiger partial charge in [-0.05, 0) is 81.6 Å². The number of hydrogen-bond donors (Lipinski definition) is 0. The molecule has 3 aromatic rings. The van der Waals surface area contributed by atoms with E-state index >= 15 is 0 Å². The van der Waals surface area contributed by atoms with Crippen LogP contribution >= 0.6 is 35.5 Å². The molecule has 0 aliphatic rings. The number of methoxy groups -OCH3 is 1. The first-order valence-corrected chi connectivity index (χ1v) is 12.3. The number of ether oxygens (including phenoxy) is 1. The summed E-state index contributed by atoms with van der Waals surface area (Å²) in [4.78, 5) is 23.1.